The average molecular weight is 216 g/mol. The van der Waals surface area contributed by atoms with Gasteiger partial charge in [-0.15, -0.1) is 0 Å². The minimum atomic E-state index is 0.669. The zero-order chi connectivity index (χ0) is 10.4. The van der Waals surface area contributed by atoms with Gasteiger partial charge in [0.1, 0.15) is 0 Å². The van der Waals surface area contributed by atoms with Crippen LogP contribution in [-0.2, 0) is 0 Å². The van der Waals surface area contributed by atoms with Crippen molar-refractivity contribution in [2.45, 2.75) is 51.5 Å². The van der Waals surface area contributed by atoms with Gasteiger partial charge in [0.15, 0.2) is 0 Å². The lowest BCUT2D eigenvalue weighted by Gasteiger charge is -2.15. The molecule has 0 aromatic heterocycles. The summed E-state index contributed by atoms with van der Waals surface area (Å²) in [6.07, 6.45) is 8.11. The first-order valence-electron chi connectivity index (χ1n) is 5.79. The van der Waals surface area contributed by atoms with E-state index in [1.807, 2.05) is 0 Å². The maximum atomic E-state index is 5.74. The highest BCUT2D eigenvalue weighted by atomic mass is 35.5. The highest BCUT2D eigenvalue weighted by molar-refractivity contribution is 6.29. The van der Waals surface area contributed by atoms with Crippen LogP contribution in [0.15, 0.2) is 11.6 Å². The summed E-state index contributed by atoms with van der Waals surface area (Å²) in [5.74, 6) is 0.959. The maximum Gasteiger partial charge on any atom is 0.0310 e. The second-order valence-corrected chi connectivity index (χ2v) is 4.91. The number of hydrogen-bond donors (Lipinski definition) is 1. The zero-order valence-electron chi connectivity index (χ0n) is 9.19. The predicted molar refractivity (Wildman–Crippen MR) is 63.6 cm³/mol. The number of halogens is 1. The topological polar surface area (TPSA) is 12.0 Å². The Balaban J connectivity index is 2.23. The normalized spacial score (nSPS) is 28.4. The summed E-state index contributed by atoms with van der Waals surface area (Å²) in [5.41, 5.74) is 0. The Bertz CT molecular complexity index is 179. The van der Waals surface area contributed by atoms with Gasteiger partial charge in [-0.1, -0.05) is 44.4 Å². The third-order valence-corrected chi connectivity index (χ3v) is 3.38. The van der Waals surface area contributed by atoms with Gasteiger partial charge in [0, 0.05) is 17.6 Å². The fraction of sp³-hybridized carbons (Fsp3) is 0.833. The molecule has 0 radical (unpaired) electrons. The van der Waals surface area contributed by atoms with Crippen molar-refractivity contribution in [3.05, 3.63) is 11.6 Å². The van der Waals surface area contributed by atoms with Gasteiger partial charge in [-0.2, -0.15) is 0 Å². The van der Waals surface area contributed by atoms with E-state index in [2.05, 4.69) is 18.8 Å². The first-order valence-corrected chi connectivity index (χ1v) is 6.16. The van der Waals surface area contributed by atoms with Crippen LogP contribution in [0.4, 0.5) is 0 Å². The second kappa shape index (κ2) is 6.47. The third-order valence-electron chi connectivity index (χ3n) is 3.25. The summed E-state index contributed by atoms with van der Waals surface area (Å²) < 4.78 is 0. The van der Waals surface area contributed by atoms with Gasteiger partial charge in [0.2, 0.25) is 0 Å². The van der Waals surface area contributed by atoms with Crippen LogP contribution >= 0.6 is 11.6 Å². The molecule has 0 aliphatic heterocycles. The lowest BCUT2D eigenvalue weighted by atomic mass is 9.98. The summed E-state index contributed by atoms with van der Waals surface area (Å²) in [4.78, 5) is 0. The van der Waals surface area contributed by atoms with Crippen molar-refractivity contribution in [3.63, 3.8) is 0 Å². The van der Waals surface area contributed by atoms with Gasteiger partial charge >= 0.3 is 0 Å². The van der Waals surface area contributed by atoms with Crippen molar-refractivity contribution in [1.29, 1.82) is 0 Å². The van der Waals surface area contributed by atoms with Gasteiger partial charge in [-0.3, -0.25) is 0 Å². The van der Waals surface area contributed by atoms with E-state index in [1.54, 1.807) is 0 Å². The molecule has 1 aliphatic rings. The smallest absolute Gasteiger partial charge is 0.0310 e. The van der Waals surface area contributed by atoms with Crippen molar-refractivity contribution < 1.29 is 0 Å². The van der Waals surface area contributed by atoms with Crippen molar-refractivity contribution in [2.24, 2.45) is 5.92 Å². The fourth-order valence-corrected chi connectivity index (χ4v) is 2.32. The van der Waals surface area contributed by atoms with Crippen molar-refractivity contribution in [1.82, 2.24) is 5.32 Å². The van der Waals surface area contributed by atoms with Gasteiger partial charge < -0.3 is 5.32 Å². The van der Waals surface area contributed by atoms with E-state index < -0.39 is 0 Å². The lowest BCUT2D eigenvalue weighted by Crippen LogP contribution is -2.29. The average Bonchev–Trinajstić information content (AvgIpc) is 2.39. The molecule has 1 aliphatic carbocycles. The second-order valence-electron chi connectivity index (χ2n) is 4.38. The molecule has 0 bridgehead atoms. The Hall–Kier alpha value is -0.0100. The maximum absolute atomic E-state index is 5.74. The van der Waals surface area contributed by atoms with E-state index in [0.717, 1.165) is 17.5 Å². The molecule has 2 heteroatoms. The van der Waals surface area contributed by atoms with Crippen molar-refractivity contribution in [3.8, 4) is 0 Å². The molecule has 0 saturated heterocycles. The molecule has 0 aromatic rings. The molecule has 0 heterocycles. The molecule has 1 rings (SSSR count). The Morgan fingerprint density at radius 2 is 2.14 bits per heavy atom. The van der Waals surface area contributed by atoms with Gasteiger partial charge in [0.25, 0.3) is 0 Å². The van der Waals surface area contributed by atoms with Gasteiger partial charge in [0.05, 0.1) is 0 Å². The molecular weight excluding hydrogens is 194 g/mol. The van der Waals surface area contributed by atoms with Crippen LogP contribution in [0, 0.1) is 5.92 Å². The van der Waals surface area contributed by atoms with E-state index in [4.69, 9.17) is 11.6 Å². The van der Waals surface area contributed by atoms with E-state index >= 15 is 0 Å². The molecule has 1 fully saturated rings. The summed E-state index contributed by atoms with van der Waals surface area (Å²) in [5, 5.41) is 4.20. The quantitative estimate of drug-likeness (QED) is 0.706. The summed E-state index contributed by atoms with van der Waals surface area (Å²) in [6, 6.07) is 0.669. The van der Waals surface area contributed by atoms with Crippen LogP contribution in [-0.4, -0.2) is 12.6 Å². The van der Waals surface area contributed by atoms with Crippen LogP contribution in [0.3, 0.4) is 0 Å². The first-order chi connectivity index (χ1) is 6.72. The molecule has 0 spiro atoms. The van der Waals surface area contributed by atoms with Crippen molar-refractivity contribution >= 4 is 11.6 Å². The summed E-state index contributed by atoms with van der Waals surface area (Å²) in [7, 11) is 0. The predicted octanol–water partition coefficient (Wildman–Crippen LogP) is 3.69. The molecule has 1 saturated carbocycles. The molecule has 1 N–H and O–H groups in total. The minimum Gasteiger partial charge on any atom is -0.309 e. The molecule has 14 heavy (non-hydrogen) atoms. The summed E-state index contributed by atoms with van der Waals surface area (Å²) >= 11 is 5.74. The van der Waals surface area contributed by atoms with E-state index in [0.29, 0.717) is 6.04 Å². The standard InChI is InChI=1S/C12H22ClN/c1-3-11-5-4-6-12(8-7-11)14-9-10(2)13/h11-12,14H,2-9H2,1H3. The van der Waals surface area contributed by atoms with Crippen LogP contribution in [0.2, 0.25) is 0 Å². The van der Waals surface area contributed by atoms with Crippen LogP contribution in [0.25, 0.3) is 0 Å². The van der Waals surface area contributed by atoms with Gasteiger partial charge in [-0.25, -0.2) is 0 Å². The molecule has 2 unspecified atom stereocenters. The molecular formula is C12H22ClN. The molecule has 2 atom stereocenters. The molecule has 0 amide bonds. The molecule has 1 nitrogen and oxygen atoms in total. The largest absolute Gasteiger partial charge is 0.309 e. The van der Waals surface area contributed by atoms with E-state index in [-0.39, 0.29) is 0 Å². The third kappa shape index (κ3) is 4.47. The Morgan fingerprint density at radius 3 is 2.79 bits per heavy atom. The number of nitrogens with one attached hydrogen (secondary N) is 1. The van der Waals surface area contributed by atoms with Crippen LogP contribution in [0.5, 0.6) is 0 Å². The summed E-state index contributed by atoms with van der Waals surface area (Å²) in [6.45, 7) is 6.77. The Morgan fingerprint density at radius 1 is 1.36 bits per heavy atom. The minimum absolute atomic E-state index is 0.669. The SMILES string of the molecule is C=C(Cl)CNC1CCCC(CC)CC1. The van der Waals surface area contributed by atoms with E-state index in [1.165, 1.54) is 38.5 Å². The Labute approximate surface area is 92.9 Å². The van der Waals surface area contributed by atoms with Crippen LogP contribution in [0.1, 0.15) is 45.4 Å². The highest BCUT2D eigenvalue weighted by Crippen LogP contribution is 2.25. The highest BCUT2D eigenvalue weighted by Gasteiger charge is 2.16. The zero-order valence-corrected chi connectivity index (χ0v) is 9.95. The molecule has 0 aromatic carbocycles. The lowest BCUT2D eigenvalue weighted by molar-refractivity contribution is 0.431. The monoisotopic (exact) mass is 215 g/mol. The molecule has 82 valence electrons. The fourth-order valence-electron chi connectivity index (χ4n) is 2.25. The van der Waals surface area contributed by atoms with Crippen LogP contribution < -0.4 is 5.32 Å². The van der Waals surface area contributed by atoms with Crippen molar-refractivity contribution in [2.75, 3.05) is 6.54 Å². The van der Waals surface area contributed by atoms with E-state index in [9.17, 15) is 0 Å². The number of hydrogen-bond acceptors (Lipinski definition) is 1. The number of rotatable bonds is 4. The van der Waals surface area contributed by atoms with Gasteiger partial charge in [-0.05, 0) is 25.2 Å². The Kier molecular flexibility index (Phi) is 5.57. The first kappa shape index (κ1) is 12.1.